The first kappa shape index (κ1) is 16.2. The van der Waals surface area contributed by atoms with Gasteiger partial charge in [0.15, 0.2) is 0 Å². The van der Waals surface area contributed by atoms with Crippen molar-refractivity contribution >= 4 is 29.2 Å². The maximum Gasteiger partial charge on any atom is 0.270 e. The molecule has 0 unspecified atom stereocenters. The van der Waals surface area contributed by atoms with Crippen LogP contribution >= 0.6 is 0 Å². The van der Waals surface area contributed by atoms with E-state index in [1.165, 1.54) is 25.3 Å². The van der Waals surface area contributed by atoms with Crippen LogP contribution in [0.25, 0.3) is 0 Å². The molecule has 0 radical (unpaired) electrons. The highest BCUT2D eigenvalue weighted by Gasteiger charge is 2.12. The lowest BCUT2D eigenvalue weighted by Crippen LogP contribution is -2.05. The molecule has 118 valence electrons. The molecule has 2 N–H and O–H groups in total. The molecule has 0 aliphatic carbocycles. The van der Waals surface area contributed by atoms with Gasteiger partial charge in [-0.05, 0) is 30.7 Å². The number of aromatic hydroxyl groups is 1. The summed E-state index contributed by atoms with van der Waals surface area (Å²) in [5, 5.41) is 23.5. The smallest absolute Gasteiger partial charge is 0.270 e. The van der Waals surface area contributed by atoms with Gasteiger partial charge in [0.1, 0.15) is 5.75 Å². The highest BCUT2D eigenvalue weighted by molar-refractivity contribution is 5.90. The van der Waals surface area contributed by atoms with Crippen LogP contribution in [0.3, 0.4) is 0 Å². The number of rotatable bonds is 4. The molecule has 0 fully saturated rings. The quantitative estimate of drug-likeness (QED) is 0.513. The lowest BCUT2D eigenvalue weighted by molar-refractivity contribution is -0.384. The first-order chi connectivity index (χ1) is 10.9. The first-order valence-electron chi connectivity index (χ1n) is 6.76. The van der Waals surface area contributed by atoms with Crippen LogP contribution in [0.1, 0.15) is 18.1 Å². The molecule has 0 aromatic heterocycles. The lowest BCUT2D eigenvalue weighted by Gasteiger charge is -2.04. The Balaban J connectivity index is 2.33. The van der Waals surface area contributed by atoms with E-state index in [4.69, 9.17) is 0 Å². The van der Waals surface area contributed by atoms with Gasteiger partial charge in [-0.1, -0.05) is 6.07 Å². The van der Waals surface area contributed by atoms with Crippen molar-refractivity contribution in [2.45, 2.75) is 13.8 Å². The minimum atomic E-state index is -0.527. The Morgan fingerprint density at radius 3 is 2.74 bits per heavy atom. The normalized spacial score (nSPS) is 10.7. The number of nitrogens with zero attached hydrogens (tertiary/aromatic N) is 2. The summed E-state index contributed by atoms with van der Waals surface area (Å²) in [4.78, 5) is 25.6. The van der Waals surface area contributed by atoms with Gasteiger partial charge in [-0.25, -0.2) is 0 Å². The van der Waals surface area contributed by atoms with Crippen molar-refractivity contribution < 1.29 is 14.8 Å². The number of carbonyl (C=O) groups excluding carboxylic acids is 1. The zero-order valence-corrected chi connectivity index (χ0v) is 12.6. The predicted molar refractivity (Wildman–Crippen MR) is 87.5 cm³/mol. The summed E-state index contributed by atoms with van der Waals surface area (Å²) in [7, 11) is 0. The number of phenolic OH excluding ortho intramolecular Hbond substituents is 1. The number of benzene rings is 2. The molecule has 2 rings (SSSR count). The summed E-state index contributed by atoms with van der Waals surface area (Å²) < 4.78 is 0. The molecule has 0 spiro atoms. The summed E-state index contributed by atoms with van der Waals surface area (Å²) in [6, 6.07) is 9.35. The molecule has 0 saturated carbocycles. The van der Waals surface area contributed by atoms with Crippen LogP contribution in [-0.2, 0) is 4.79 Å². The second-order valence-corrected chi connectivity index (χ2v) is 4.95. The Kier molecular flexibility index (Phi) is 4.70. The minimum absolute atomic E-state index is 0.0580. The zero-order valence-electron chi connectivity index (χ0n) is 12.6. The SMILES string of the molecule is CC(=O)Nc1cccc(N=Cc2cc([N+](=O)[O-])cc(C)c2O)c1. The number of amides is 1. The molecule has 2 aromatic rings. The summed E-state index contributed by atoms with van der Waals surface area (Å²) in [5.74, 6) is -0.254. The van der Waals surface area contributed by atoms with E-state index in [2.05, 4.69) is 10.3 Å². The molecular weight excluding hydrogens is 298 g/mol. The van der Waals surface area contributed by atoms with Crippen molar-refractivity contribution in [1.29, 1.82) is 0 Å². The van der Waals surface area contributed by atoms with E-state index in [1.807, 2.05) is 0 Å². The topological polar surface area (TPSA) is 105 Å². The van der Waals surface area contributed by atoms with E-state index >= 15 is 0 Å². The average molecular weight is 313 g/mol. The molecule has 0 aliphatic heterocycles. The van der Waals surface area contributed by atoms with Crippen LogP contribution in [0.2, 0.25) is 0 Å². The number of nitro benzene ring substituents is 1. The molecule has 2 aromatic carbocycles. The van der Waals surface area contributed by atoms with Gasteiger partial charge < -0.3 is 10.4 Å². The highest BCUT2D eigenvalue weighted by Crippen LogP contribution is 2.27. The summed E-state index contributed by atoms with van der Waals surface area (Å²) in [6.45, 7) is 2.98. The third-order valence-corrected chi connectivity index (χ3v) is 3.04. The molecule has 0 heterocycles. The van der Waals surface area contributed by atoms with Gasteiger partial charge in [0.25, 0.3) is 5.69 Å². The number of nitrogens with one attached hydrogen (secondary N) is 1. The van der Waals surface area contributed by atoms with Crippen molar-refractivity contribution in [2.24, 2.45) is 4.99 Å². The van der Waals surface area contributed by atoms with Crippen molar-refractivity contribution in [3.8, 4) is 5.75 Å². The molecule has 0 aliphatic rings. The van der Waals surface area contributed by atoms with Gasteiger partial charge in [0, 0.05) is 36.5 Å². The lowest BCUT2D eigenvalue weighted by atomic mass is 10.1. The van der Waals surface area contributed by atoms with Crippen molar-refractivity contribution in [3.63, 3.8) is 0 Å². The van der Waals surface area contributed by atoms with Gasteiger partial charge in [-0.15, -0.1) is 0 Å². The minimum Gasteiger partial charge on any atom is -0.507 e. The van der Waals surface area contributed by atoms with Crippen molar-refractivity contribution in [1.82, 2.24) is 0 Å². The van der Waals surface area contributed by atoms with Crippen molar-refractivity contribution in [2.75, 3.05) is 5.32 Å². The van der Waals surface area contributed by atoms with E-state index in [9.17, 15) is 20.0 Å². The zero-order chi connectivity index (χ0) is 17.0. The van der Waals surface area contributed by atoms with Crippen LogP contribution < -0.4 is 5.32 Å². The molecule has 0 atom stereocenters. The van der Waals surface area contributed by atoms with Crippen LogP contribution in [0, 0.1) is 17.0 Å². The average Bonchev–Trinajstić information content (AvgIpc) is 2.48. The number of anilines is 1. The largest absolute Gasteiger partial charge is 0.507 e. The number of nitro groups is 1. The summed E-state index contributed by atoms with van der Waals surface area (Å²) in [6.07, 6.45) is 1.35. The molecule has 0 bridgehead atoms. The maximum atomic E-state index is 11.0. The Bertz CT molecular complexity index is 800. The second-order valence-electron chi connectivity index (χ2n) is 4.95. The van der Waals surface area contributed by atoms with E-state index < -0.39 is 4.92 Å². The predicted octanol–water partition coefficient (Wildman–Crippen LogP) is 3.32. The first-order valence-corrected chi connectivity index (χ1v) is 6.76. The molecule has 7 heteroatoms. The van der Waals surface area contributed by atoms with Crippen LogP contribution in [-0.4, -0.2) is 22.2 Å². The van der Waals surface area contributed by atoms with E-state index in [0.29, 0.717) is 16.9 Å². The molecule has 0 saturated heterocycles. The highest BCUT2D eigenvalue weighted by atomic mass is 16.6. The van der Waals surface area contributed by atoms with Crippen LogP contribution in [0.4, 0.5) is 17.1 Å². The third-order valence-electron chi connectivity index (χ3n) is 3.04. The fourth-order valence-electron chi connectivity index (χ4n) is 2.00. The summed E-state index contributed by atoms with van der Waals surface area (Å²) >= 11 is 0. The fourth-order valence-corrected chi connectivity index (χ4v) is 2.00. The van der Waals surface area contributed by atoms with Crippen LogP contribution in [0.15, 0.2) is 41.4 Å². The van der Waals surface area contributed by atoms with Crippen molar-refractivity contribution in [3.05, 3.63) is 57.6 Å². The van der Waals surface area contributed by atoms with Gasteiger partial charge >= 0.3 is 0 Å². The monoisotopic (exact) mass is 313 g/mol. The number of hydrogen-bond acceptors (Lipinski definition) is 5. The second kappa shape index (κ2) is 6.69. The summed E-state index contributed by atoms with van der Waals surface area (Å²) in [5.41, 5.74) is 1.66. The number of phenols is 1. The molecular formula is C16H15N3O4. The number of carbonyl (C=O) groups is 1. The van der Waals surface area contributed by atoms with E-state index in [-0.39, 0.29) is 22.9 Å². The molecule has 1 amide bonds. The Hall–Kier alpha value is -3.22. The Labute approximate surface area is 132 Å². The molecule has 7 nitrogen and oxygen atoms in total. The van der Waals surface area contributed by atoms with E-state index in [0.717, 1.165) is 0 Å². The van der Waals surface area contributed by atoms with Gasteiger partial charge in [0.05, 0.1) is 10.6 Å². The third kappa shape index (κ3) is 4.13. The Morgan fingerprint density at radius 2 is 2.09 bits per heavy atom. The number of non-ortho nitro benzene ring substituents is 1. The number of hydrogen-bond donors (Lipinski definition) is 2. The molecule has 23 heavy (non-hydrogen) atoms. The maximum absolute atomic E-state index is 11.0. The van der Waals surface area contributed by atoms with Crippen LogP contribution in [0.5, 0.6) is 5.75 Å². The van der Waals surface area contributed by atoms with Gasteiger partial charge in [-0.2, -0.15) is 0 Å². The number of aryl methyl sites for hydroxylation is 1. The Morgan fingerprint density at radius 1 is 1.35 bits per heavy atom. The van der Waals surface area contributed by atoms with E-state index in [1.54, 1.807) is 31.2 Å². The fraction of sp³-hybridized carbons (Fsp3) is 0.125. The number of aliphatic imine (C=N–C) groups is 1. The standard InChI is InChI=1S/C16H15N3O4/c1-10-6-15(19(22)23)7-12(16(10)21)9-17-13-4-3-5-14(8-13)18-11(2)20/h3-9,21H,1-2H3,(H,18,20). The van der Waals surface area contributed by atoms with Gasteiger partial charge in [-0.3, -0.25) is 19.9 Å². The van der Waals surface area contributed by atoms with Gasteiger partial charge in [0.2, 0.25) is 5.91 Å².